The van der Waals surface area contributed by atoms with Gasteiger partial charge in [-0.3, -0.25) is 4.79 Å². The van der Waals surface area contributed by atoms with Crippen LogP contribution in [0, 0.1) is 17.2 Å². The van der Waals surface area contributed by atoms with Crippen molar-refractivity contribution in [2.75, 3.05) is 44.7 Å². The lowest BCUT2D eigenvalue weighted by Crippen LogP contribution is -2.41. The summed E-state index contributed by atoms with van der Waals surface area (Å²) in [6.07, 6.45) is 6.64. The Hall–Kier alpha value is -3.94. The molecule has 1 fully saturated rings. The lowest BCUT2D eigenvalue weighted by atomic mass is 10.1. The maximum Gasteiger partial charge on any atom is 0.226 e. The Morgan fingerprint density at radius 3 is 3.06 bits per heavy atom. The average Bonchev–Trinajstić information content (AvgIpc) is 3.33. The van der Waals surface area contributed by atoms with Gasteiger partial charge in [-0.1, -0.05) is 13.0 Å². The number of anilines is 1. The van der Waals surface area contributed by atoms with Gasteiger partial charge in [-0.2, -0.15) is 10.4 Å². The van der Waals surface area contributed by atoms with E-state index in [1.165, 1.54) is 0 Å². The predicted octanol–water partition coefficient (Wildman–Crippen LogP) is 1.99. The molecule has 3 aromatic rings. The molecule has 0 spiro atoms. The van der Waals surface area contributed by atoms with E-state index >= 15 is 0 Å². The first kappa shape index (κ1) is 24.2. The van der Waals surface area contributed by atoms with Crippen LogP contribution in [0.2, 0.25) is 0 Å². The Morgan fingerprint density at radius 1 is 1.46 bits per heavy atom. The molecule has 0 radical (unpaired) electrons. The quantitative estimate of drug-likeness (QED) is 0.300. The Morgan fingerprint density at radius 2 is 2.34 bits per heavy atom. The van der Waals surface area contributed by atoms with Gasteiger partial charge in [0, 0.05) is 43.5 Å². The summed E-state index contributed by atoms with van der Waals surface area (Å²) in [5, 5.41) is 23.2. The number of morpholine rings is 1. The number of rotatable bonds is 10. The van der Waals surface area contributed by atoms with E-state index in [-0.39, 0.29) is 17.9 Å². The summed E-state index contributed by atoms with van der Waals surface area (Å²) < 4.78 is 13.4. The molecule has 1 unspecified atom stereocenters. The number of carbonyl (C=O) groups is 1. The average molecular weight is 476 g/mol. The molecule has 182 valence electrons. The highest BCUT2D eigenvalue weighted by molar-refractivity contribution is 5.85. The van der Waals surface area contributed by atoms with Crippen LogP contribution in [0.15, 0.2) is 49.4 Å². The molecule has 1 saturated heterocycles. The summed E-state index contributed by atoms with van der Waals surface area (Å²) in [6.45, 7) is 9.10. The van der Waals surface area contributed by atoms with E-state index in [0.29, 0.717) is 49.0 Å². The van der Waals surface area contributed by atoms with Crippen molar-refractivity contribution in [3.63, 3.8) is 0 Å². The molecule has 4 rings (SSSR count). The fraction of sp³-hybridized carbons (Fsp3) is 0.360. The van der Waals surface area contributed by atoms with Crippen LogP contribution in [0.3, 0.4) is 0 Å². The van der Waals surface area contributed by atoms with E-state index < -0.39 is 0 Å². The van der Waals surface area contributed by atoms with Crippen LogP contribution in [-0.2, 0) is 9.53 Å². The van der Waals surface area contributed by atoms with Gasteiger partial charge in [-0.05, 0) is 18.2 Å². The first-order valence-electron chi connectivity index (χ1n) is 11.6. The summed E-state index contributed by atoms with van der Waals surface area (Å²) in [5.41, 5.74) is 2.78. The predicted molar refractivity (Wildman–Crippen MR) is 132 cm³/mol. The second kappa shape index (κ2) is 11.5. The minimum Gasteiger partial charge on any atom is -0.489 e. The van der Waals surface area contributed by atoms with E-state index in [1.807, 2.05) is 18.2 Å². The molecule has 3 N–H and O–H groups in total. The van der Waals surface area contributed by atoms with Gasteiger partial charge in [0.1, 0.15) is 30.3 Å². The number of hydrogen-bond acceptors (Lipinski definition) is 8. The van der Waals surface area contributed by atoms with Gasteiger partial charge in [-0.15, -0.1) is 6.58 Å². The number of carbonyl (C=O) groups excluding carboxylic acids is 1. The van der Waals surface area contributed by atoms with Crippen molar-refractivity contribution < 1.29 is 14.3 Å². The van der Waals surface area contributed by atoms with Crippen LogP contribution < -0.4 is 20.7 Å². The number of nitriles is 1. The van der Waals surface area contributed by atoms with Gasteiger partial charge in [-0.25, -0.2) is 9.50 Å². The molecule has 4 heterocycles. The maximum atomic E-state index is 11.8. The van der Waals surface area contributed by atoms with E-state index in [9.17, 15) is 10.1 Å². The Kier molecular flexibility index (Phi) is 7.92. The minimum absolute atomic E-state index is 0.0213. The molecule has 0 saturated carbocycles. The molecule has 0 aromatic carbocycles. The summed E-state index contributed by atoms with van der Waals surface area (Å²) in [7, 11) is 0. The van der Waals surface area contributed by atoms with E-state index in [2.05, 4.69) is 38.7 Å². The first-order chi connectivity index (χ1) is 17.1. The Balaban J connectivity index is 1.47. The molecule has 1 amide bonds. The number of aromatic nitrogens is 3. The fourth-order valence-electron chi connectivity index (χ4n) is 3.70. The van der Waals surface area contributed by atoms with Gasteiger partial charge >= 0.3 is 0 Å². The molecular formula is C25H29N7O3. The van der Waals surface area contributed by atoms with E-state index in [1.54, 1.807) is 36.1 Å². The van der Waals surface area contributed by atoms with Crippen molar-refractivity contribution in [2.24, 2.45) is 5.92 Å². The molecule has 3 aromatic heterocycles. The molecule has 0 aliphatic carbocycles. The molecule has 10 nitrogen and oxygen atoms in total. The highest BCUT2D eigenvalue weighted by Crippen LogP contribution is 2.31. The Bertz CT molecular complexity index is 1210. The number of nitrogens with one attached hydrogen (secondary N) is 3. The second-order valence-electron chi connectivity index (χ2n) is 8.23. The molecule has 1 aliphatic rings. The third-order valence-corrected chi connectivity index (χ3v) is 5.72. The van der Waals surface area contributed by atoms with Gasteiger partial charge in [0.25, 0.3) is 0 Å². The molecule has 0 bridgehead atoms. The van der Waals surface area contributed by atoms with Crippen LogP contribution in [0.4, 0.5) is 5.82 Å². The number of ether oxygens (including phenoxy) is 2. The molecule has 1 aliphatic heterocycles. The largest absolute Gasteiger partial charge is 0.489 e. The first-order valence-corrected chi connectivity index (χ1v) is 11.6. The smallest absolute Gasteiger partial charge is 0.226 e. The molecule has 35 heavy (non-hydrogen) atoms. The zero-order valence-electron chi connectivity index (χ0n) is 19.7. The van der Waals surface area contributed by atoms with Gasteiger partial charge in [0.15, 0.2) is 0 Å². The van der Waals surface area contributed by atoms with Crippen molar-refractivity contribution in [3.05, 3.63) is 55.0 Å². The minimum atomic E-state index is -0.224. The monoisotopic (exact) mass is 475 g/mol. The maximum absolute atomic E-state index is 11.8. The normalized spacial score (nSPS) is 16.3. The topological polar surface area (TPSA) is 126 Å². The molecule has 10 heteroatoms. The standard InChI is InChI=1S/C25H29N7O3/c1-3-17(2)25(33)29-7-6-28-23-5-4-18(12-30-23)22-10-20(35-16-21-14-27-8-9-34-21)15-32-24(22)19(11-26)13-31-32/h3-5,10,12-13,15,17,21,27H,1,6-9,14,16H2,2H3,(H,28,30)(H,29,33)/t17?,21-/m0/s1. The Labute approximate surface area is 203 Å². The van der Waals surface area contributed by atoms with Crippen molar-refractivity contribution in [3.8, 4) is 22.9 Å². The van der Waals surface area contributed by atoms with E-state index in [0.717, 1.165) is 24.2 Å². The molecular weight excluding hydrogens is 446 g/mol. The third kappa shape index (κ3) is 5.95. The van der Waals surface area contributed by atoms with Crippen molar-refractivity contribution in [2.45, 2.75) is 13.0 Å². The van der Waals surface area contributed by atoms with Gasteiger partial charge < -0.3 is 25.4 Å². The summed E-state index contributed by atoms with van der Waals surface area (Å²) in [4.78, 5) is 16.3. The van der Waals surface area contributed by atoms with Crippen LogP contribution in [-0.4, -0.2) is 66.0 Å². The number of fused-ring (bicyclic) bond motifs is 1. The van der Waals surface area contributed by atoms with Gasteiger partial charge in [0.2, 0.25) is 5.91 Å². The fourth-order valence-corrected chi connectivity index (χ4v) is 3.70. The van der Waals surface area contributed by atoms with Crippen LogP contribution in [0.1, 0.15) is 12.5 Å². The number of pyridine rings is 2. The highest BCUT2D eigenvalue weighted by Gasteiger charge is 2.17. The lowest BCUT2D eigenvalue weighted by Gasteiger charge is -2.23. The lowest BCUT2D eigenvalue weighted by molar-refractivity contribution is -0.123. The van der Waals surface area contributed by atoms with Gasteiger partial charge in [0.05, 0.1) is 36.0 Å². The third-order valence-electron chi connectivity index (χ3n) is 5.72. The van der Waals surface area contributed by atoms with Crippen molar-refractivity contribution >= 4 is 17.2 Å². The second-order valence-corrected chi connectivity index (χ2v) is 8.23. The van der Waals surface area contributed by atoms with Crippen molar-refractivity contribution in [1.29, 1.82) is 5.26 Å². The SMILES string of the molecule is C=CC(C)C(=O)NCCNc1ccc(-c2cc(OC[C@@H]3CNCCO3)cn3ncc(C#N)c23)cn1. The summed E-state index contributed by atoms with van der Waals surface area (Å²) in [6, 6.07) is 7.89. The van der Waals surface area contributed by atoms with Crippen LogP contribution >= 0.6 is 0 Å². The summed E-state index contributed by atoms with van der Waals surface area (Å²) in [5.74, 6) is 1.02. The van der Waals surface area contributed by atoms with Crippen molar-refractivity contribution in [1.82, 2.24) is 25.2 Å². The number of amides is 1. The van der Waals surface area contributed by atoms with Crippen LogP contribution in [0.25, 0.3) is 16.6 Å². The number of hydrogen-bond donors (Lipinski definition) is 3. The summed E-state index contributed by atoms with van der Waals surface area (Å²) >= 11 is 0. The molecule has 2 atom stereocenters. The van der Waals surface area contributed by atoms with Crippen LogP contribution in [0.5, 0.6) is 5.75 Å². The van der Waals surface area contributed by atoms with E-state index in [4.69, 9.17) is 9.47 Å². The number of nitrogens with zero attached hydrogens (tertiary/aromatic N) is 4. The zero-order chi connectivity index (χ0) is 24.6. The highest BCUT2D eigenvalue weighted by atomic mass is 16.5. The zero-order valence-corrected chi connectivity index (χ0v) is 19.7.